The van der Waals surface area contributed by atoms with Gasteiger partial charge in [-0.1, -0.05) is 19.9 Å². The van der Waals surface area contributed by atoms with Gasteiger partial charge in [0, 0.05) is 23.4 Å². The Morgan fingerprint density at radius 2 is 1.88 bits per heavy atom. The highest BCUT2D eigenvalue weighted by molar-refractivity contribution is 8.00. The van der Waals surface area contributed by atoms with Gasteiger partial charge in [-0.2, -0.15) is 0 Å². The SMILES string of the molecule is CC.Fc1ccc(NSc2c[nH]c(-c3ccccn3)c2)c(F)c1.OCF. The molecule has 0 unspecified atom stereocenters. The maximum atomic E-state index is 13.5. The lowest BCUT2D eigenvalue weighted by Gasteiger charge is -2.04. The number of nitrogens with one attached hydrogen (secondary N) is 2. The number of H-pyrrole nitrogens is 1. The highest BCUT2D eigenvalue weighted by Crippen LogP contribution is 2.26. The molecular formula is C18H20F3N3OS. The molecule has 0 aliphatic carbocycles. The first kappa shape index (κ1) is 21.6. The van der Waals surface area contributed by atoms with Gasteiger partial charge in [0.1, 0.15) is 11.6 Å². The quantitative estimate of drug-likeness (QED) is 0.528. The summed E-state index contributed by atoms with van der Waals surface area (Å²) in [4.78, 5) is 8.22. The lowest BCUT2D eigenvalue weighted by Crippen LogP contribution is -1.91. The van der Waals surface area contributed by atoms with E-state index in [0.29, 0.717) is 0 Å². The van der Waals surface area contributed by atoms with E-state index in [2.05, 4.69) is 14.7 Å². The largest absolute Gasteiger partial charge is 0.366 e. The number of rotatable bonds is 4. The zero-order valence-corrected chi connectivity index (χ0v) is 15.2. The zero-order valence-electron chi connectivity index (χ0n) is 14.3. The van der Waals surface area contributed by atoms with E-state index in [1.807, 2.05) is 38.1 Å². The van der Waals surface area contributed by atoms with E-state index in [-0.39, 0.29) is 5.69 Å². The Hall–Kier alpha value is -2.45. The van der Waals surface area contributed by atoms with Crippen LogP contribution in [0.4, 0.5) is 18.9 Å². The summed E-state index contributed by atoms with van der Waals surface area (Å²) in [6, 6.07) is 11.0. The molecule has 140 valence electrons. The molecule has 0 aliphatic rings. The molecule has 3 N–H and O–H groups in total. The molecule has 0 bridgehead atoms. The fourth-order valence-corrected chi connectivity index (χ4v) is 2.48. The van der Waals surface area contributed by atoms with Crippen LogP contribution in [0.3, 0.4) is 0 Å². The van der Waals surface area contributed by atoms with E-state index in [4.69, 9.17) is 5.11 Å². The third-order valence-electron chi connectivity index (χ3n) is 2.81. The molecular weight excluding hydrogens is 363 g/mol. The number of pyridine rings is 1. The highest BCUT2D eigenvalue weighted by atomic mass is 32.2. The lowest BCUT2D eigenvalue weighted by molar-refractivity contribution is 0.168. The Balaban J connectivity index is 0.000000615. The molecule has 0 spiro atoms. The van der Waals surface area contributed by atoms with Crippen LogP contribution in [-0.2, 0) is 0 Å². The highest BCUT2D eigenvalue weighted by Gasteiger charge is 2.06. The van der Waals surface area contributed by atoms with Gasteiger partial charge < -0.3 is 14.8 Å². The number of hydrogen-bond donors (Lipinski definition) is 3. The van der Waals surface area contributed by atoms with Crippen molar-refractivity contribution in [3.8, 4) is 11.4 Å². The number of alkyl halides is 1. The third-order valence-corrected chi connectivity index (χ3v) is 3.60. The van der Waals surface area contributed by atoms with Crippen LogP contribution in [0.5, 0.6) is 0 Å². The predicted molar refractivity (Wildman–Crippen MR) is 99.4 cm³/mol. The van der Waals surface area contributed by atoms with Crippen molar-refractivity contribution in [2.75, 3.05) is 11.6 Å². The summed E-state index contributed by atoms with van der Waals surface area (Å²) in [7, 11) is 0. The number of benzene rings is 1. The summed E-state index contributed by atoms with van der Waals surface area (Å²) < 4.78 is 39.0. The Kier molecular flexibility index (Phi) is 9.96. The number of aliphatic hydroxyl groups excluding tert-OH is 1. The molecule has 2 aromatic heterocycles. The van der Waals surface area contributed by atoms with Crippen molar-refractivity contribution in [3.63, 3.8) is 0 Å². The van der Waals surface area contributed by atoms with Crippen molar-refractivity contribution >= 4 is 17.6 Å². The number of anilines is 1. The topological polar surface area (TPSA) is 60.9 Å². The molecule has 0 aliphatic heterocycles. The Labute approximate surface area is 154 Å². The van der Waals surface area contributed by atoms with Gasteiger partial charge in [-0.25, -0.2) is 13.2 Å². The summed E-state index contributed by atoms with van der Waals surface area (Å²) in [5.41, 5.74) is 1.94. The normalized spacial score (nSPS) is 9.46. The first-order chi connectivity index (χ1) is 12.6. The van der Waals surface area contributed by atoms with E-state index in [9.17, 15) is 13.2 Å². The molecule has 3 aromatic rings. The molecule has 0 fully saturated rings. The molecule has 0 saturated carbocycles. The standard InChI is InChI=1S/C15H11F2N3S.C2H6.CH3FO/c16-10-4-5-13(12(17)7-10)20-21-11-8-15(19-9-11)14-3-1-2-6-18-14;1-2;2-1-3/h1-9,19-20H;1-2H3;3H,1H2. The number of nitrogens with zero attached hydrogens (tertiary/aromatic N) is 1. The van der Waals surface area contributed by atoms with Gasteiger partial charge in [-0.15, -0.1) is 0 Å². The van der Waals surface area contributed by atoms with E-state index < -0.39 is 18.5 Å². The Morgan fingerprint density at radius 1 is 1.15 bits per heavy atom. The second-order valence-electron chi connectivity index (χ2n) is 4.41. The van der Waals surface area contributed by atoms with Crippen LogP contribution in [0.2, 0.25) is 0 Å². The van der Waals surface area contributed by atoms with Crippen molar-refractivity contribution in [3.05, 3.63) is 66.5 Å². The summed E-state index contributed by atoms with van der Waals surface area (Å²) in [6.45, 7) is 2.75. The van der Waals surface area contributed by atoms with Crippen LogP contribution in [-0.4, -0.2) is 21.9 Å². The molecule has 0 radical (unpaired) electrons. The van der Waals surface area contributed by atoms with Gasteiger partial charge >= 0.3 is 0 Å². The van der Waals surface area contributed by atoms with Gasteiger partial charge in [0.15, 0.2) is 6.86 Å². The van der Waals surface area contributed by atoms with E-state index in [1.54, 1.807) is 12.4 Å². The predicted octanol–water partition coefficient (Wildman–Crippen LogP) is 5.41. The smallest absolute Gasteiger partial charge is 0.185 e. The van der Waals surface area contributed by atoms with Crippen LogP contribution >= 0.6 is 11.9 Å². The van der Waals surface area contributed by atoms with Gasteiger partial charge in [0.25, 0.3) is 0 Å². The van der Waals surface area contributed by atoms with Crippen LogP contribution in [0.25, 0.3) is 11.4 Å². The van der Waals surface area contributed by atoms with E-state index >= 15 is 0 Å². The number of aliphatic hydroxyl groups is 1. The van der Waals surface area contributed by atoms with Crippen LogP contribution in [0, 0.1) is 11.6 Å². The monoisotopic (exact) mass is 383 g/mol. The summed E-state index contributed by atoms with van der Waals surface area (Å²) in [5, 5.41) is 6.90. The molecule has 1 aromatic carbocycles. The van der Waals surface area contributed by atoms with E-state index in [1.165, 1.54) is 24.1 Å². The number of aromatic nitrogens is 2. The van der Waals surface area contributed by atoms with E-state index in [0.717, 1.165) is 22.3 Å². The minimum Gasteiger partial charge on any atom is -0.366 e. The third kappa shape index (κ3) is 6.81. The van der Waals surface area contributed by atoms with Crippen molar-refractivity contribution < 1.29 is 18.3 Å². The maximum absolute atomic E-state index is 13.5. The average molecular weight is 383 g/mol. The fraction of sp³-hybridized carbons (Fsp3) is 0.167. The van der Waals surface area contributed by atoms with Crippen molar-refractivity contribution in [2.24, 2.45) is 0 Å². The number of hydrogen-bond acceptors (Lipinski definition) is 4. The van der Waals surface area contributed by atoms with Gasteiger partial charge in [0.05, 0.1) is 17.1 Å². The molecule has 4 nitrogen and oxygen atoms in total. The molecule has 8 heteroatoms. The summed E-state index contributed by atoms with van der Waals surface area (Å²) in [6.07, 6.45) is 3.51. The molecule has 0 atom stereocenters. The van der Waals surface area contributed by atoms with Crippen molar-refractivity contribution in [1.29, 1.82) is 0 Å². The first-order valence-corrected chi connectivity index (χ1v) is 8.60. The van der Waals surface area contributed by atoms with Crippen LogP contribution in [0.15, 0.2) is 59.8 Å². The fourth-order valence-electron chi connectivity index (χ4n) is 1.79. The maximum Gasteiger partial charge on any atom is 0.185 e. The lowest BCUT2D eigenvalue weighted by atomic mass is 10.3. The Bertz CT molecular complexity index is 769. The summed E-state index contributed by atoms with van der Waals surface area (Å²) in [5.74, 6) is -1.22. The zero-order chi connectivity index (χ0) is 19.4. The molecule has 2 heterocycles. The second kappa shape index (κ2) is 12.0. The molecule has 0 saturated heterocycles. The van der Waals surface area contributed by atoms with Gasteiger partial charge in [-0.05, 0) is 42.3 Å². The van der Waals surface area contributed by atoms with Crippen LogP contribution < -0.4 is 4.72 Å². The van der Waals surface area contributed by atoms with Gasteiger partial charge in [0.2, 0.25) is 0 Å². The minimum atomic E-state index is -1.25. The number of halogens is 3. The van der Waals surface area contributed by atoms with Crippen molar-refractivity contribution in [2.45, 2.75) is 18.7 Å². The van der Waals surface area contributed by atoms with Crippen molar-refractivity contribution in [1.82, 2.24) is 9.97 Å². The first-order valence-electron chi connectivity index (χ1n) is 7.78. The Morgan fingerprint density at radius 3 is 2.50 bits per heavy atom. The molecule has 26 heavy (non-hydrogen) atoms. The molecule has 3 rings (SSSR count). The van der Waals surface area contributed by atoms with Gasteiger partial charge in [-0.3, -0.25) is 4.98 Å². The summed E-state index contributed by atoms with van der Waals surface area (Å²) >= 11 is 1.24. The minimum absolute atomic E-state index is 0.238. The van der Waals surface area contributed by atoms with Crippen LogP contribution in [0.1, 0.15) is 13.8 Å². The number of aromatic amines is 1. The second-order valence-corrected chi connectivity index (χ2v) is 5.29. The average Bonchev–Trinajstić information content (AvgIpc) is 3.13. The molecule has 0 amide bonds.